The summed E-state index contributed by atoms with van der Waals surface area (Å²) in [5.74, 6) is 0.593. The predicted octanol–water partition coefficient (Wildman–Crippen LogP) is -5.24. The van der Waals surface area contributed by atoms with Crippen molar-refractivity contribution < 1.29 is 122 Å². The van der Waals surface area contributed by atoms with Crippen molar-refractivity contribution in [3.05, 3.63) is 36.4 Å². The van der Waals surface area contributed by atoms with E-state index < -0.39 is 8.60 Å². The van der Waals surface area contributed by atoms with Gasteiger partial charge >= 0.3 is 103 Å². The van der Waals surface area contributed by atoms with Crippen molar-refractivity contribution in [2.75, 3.05) is 7.11 Å². The molecule has 0 fully saturated rings. The monoisotopic (exact) mass is 304 g/mol. The van der Waals surface area contributed by atoms with Crippen LogP contribution in [0.1, 0.15) is 5.56 Å². The van der Waals surface area contributed by atoms with Crippen LogP contribution in [0.3, 0.4) is 0 Å². The van der Waals surface area contributed by atoms with Crippen molar-refractivity contribution in [2.45, 2.75) is 6.42 Å². The molecule has 0 spiro atoms. The Labute approximate surface area is 188 Å². The first-order chi connectivity index (χ1) is 7.17. The van der Waals surface area contributed by atoms with E-state index in [2.05, 4.69) is 11.1 Å². The van der Waals surface area contributed by atoms with Crippen LogP contribution in [-0.4, -0.2) is 7.11 Å². The Bertz CT molecular complexity index is 347. The van der Waals surface area contributed by atoms with Crippen LogP contribution in [-0.2, 0) is 6.42 Å². The number of hydrogen-bond acceptors (Lipinski definition) is 4. The molecular weight excluding hydrogens is 293 g/mol. The van der Waals surface area contributed by atoms with E-state index in [-0.39, 0.29) is 109 Å². The van der Waals surface area contributed by atoms with Gasteiger partial charge in [-0.25, -0.2) is 0 Å². The molecule has 0 heterocycles. The average molecular weight is 304 g/mol. The summed E-state index contributed by atoms with van der Waals surface area (Å²) in [6.07, 6.45) is 2.45. The minimum atomic E-state index is -2.92. The molecule has 0 aromatic heterocycles. The first-order valence-electron chi connectivity index (χ1n) is 4.27. The maximum atomic E-state index is 10.4. The molecule has 1 aromatic rings. The Morgan fingerprint density at radius 1 is 1.29 bits per heavy atom. The van der Waals surface area contributed by atoms with E-state index in [4.69, 9.17) is 4.74 Å². The van der Waals surface area contributed by atoms with E-state index >= 15 is 0 Å². The molecule has 17 heavy (non-hydrogen) atoms. The number of hydrogen-bond donors (Lipinski definition) is 0. The van der Waals surface area contributed by atoms with Crippen LogP contribution in [0.5, 0.6) is 11.5 Å². The van der Waals surface area contributed by atoms with Gasteiger partial charge in [-0.1, -0.05) is 20.7 Å². The molecule has 0 unspecified atom stereocenters. The minimum absolute atomic E-state index is 0. The predicted molar refractivity (Wildman–Crippen MR) is 54.4 cm³/mol. The van der Waals surface area contributed by atoms with Gasteiger partial charge in [0.2, 0.25) is 0 Å². The molecule has 0 aliphatic rings. The van der Waals surface area contributed by atoms with E-state index in [0.29, 0.717) is 12.2 Å². The fraction of sp³-hybridized carbons (Fsp3) is 0.200. The molecule has 0 aliphatic heterocycles. The molecule has 0 saturated carbocycles. The Morgan fingerprint density at radius 2 is 1.94 bits per heavy atom. The summed E-state index contributed by atoms with van der Waals surface area (Å²) in [4.78, 5) is 20.8. The van der Waals surface area contributed by atoms with Gasteiger partial charge in [-0.2, -0.15) is 0 Å². The van der Waals surface area contributed by atoms with E-state index in [9.17, 15) is 9.79 Å². The third-order valence-electron chi connectivity index (χ3n) is 1.78. The maximum Gasteiger partial charge on any atom is 1.00 e. The molecule has 1 rings (SSSR count). The minimum Gasteiger partial charge on any atom is -0.810 e. The molecule has 7 heteroatoms. The fourth-order valence-electron chi connectivity index (χ4n) is 1.16. The van der Waals surface area contributed by atoms with Gasteiger partial charge < -0.3 is 19.0 Å². The van der Waals surface area contributed by atoms with Crippen molar-refractivity contribution in [2.24, 2.45) is 0 Å². The molecule has 1 aromatic carbocycles. The van der Waals surface area contributed by atoms with Crippen LogP contribution in [0.4, 0.5) is 0 Å². The van der Waals surface area contributed by atoms with Gasteiger partial charge in [0.25, 0.3) is 0 Å². The van der Waals surface area contributed by atoms with Crippen LogP contribution >= 0.6 is 8.60 Å². The summed E-state index contributed by atoms with van der Waals surface area (Å²) < 4.78 is 9.58. The smallest absolute Gasteiger partial charge is 0.810 e. The normalized spacial score (nSPS) is 8.94. The summed E-state index contributed by atoms with van der Waals surface area (Å²) >= 11 is 0. The van der Waals surface area contributed by atoms with Gasteiger partial charge in [0.05, 0.1) is 7.11 Å². The molecule has 0 radical (unpaired) electrons. The van der Waals surface area contributed by atoms with Gasteiger partial charge in [0.1, 0.15) is 0 Å². The SMILES string of the molecule is C=CCc1ccc(OP([O-])[O-])c(OC)c1.[K+].[K+]. The quantitative estimate of drug-likeness (QED) is 0.310. The van der Waals surface area contributed by atoms with E-state index in [1.165, 1.54) is 7.11 Å². The van der Waals surface area contributed by atoms with Gasteiger partial charge in [-0.15, -0.1) is 6.58 Å². The standard InChI is InChI=1S/C10H11O4P.2K/c1-3-4-8-5-6-9(14-15(11)12)10(7-8)13-2;;/h3,5-7H,1,4H2,2H3;;/q-2;2*+1. The first kappa shape index (κ1) is 21.5. The zero-order valence-corrected chi connectivity index (χ0v) is 17.4. The van der Waals surface area contributed by atoms with Gasteiger partial charge in [-0.3, -0.25) is 0 Å². The van der Waals surface area contributed by atoms with Gasteiger partial charge in [0.15, 0.2) is 11.5 Å². The van der Waals surface area contributed by atoms with Crippen molar-refractivity contribution in [1.29, 1.82) is 0 Å². The molecule has 0 amide bonds. The number of ether oxygens (including phenoxy) is 1. The largest absolute Gasteiger partial charge is 1.00 e. The van der Waals surface area contributed by atoms with Crippen LogP contribution in [0.25, 0.3) is 0 Å². The average Bonchev–Trinajstić information content (AvgIpc) is 2.20. The topological polar surface area (TPSA) is 64.6 Å². The third kappa shape index (κ3) is 8.14. The molecular formula is C10H11K2O4P. The first-order valence-corrected chi connectivity index (χ1v) is 5.37. The Morgan fingerprint density at radius 3 is 2.41 bits per heavy atom. The molecule has 4 nitrogen and oxygen atoms in total. The second-order valence-electron chi connectivity index (χ2n) is 2.79. The van der Waals surface area contributed by atoms with E-state index in [1.54, 1.807) is 24.3 Å². The molecule has 82 valence electrons. The van der Waals surface area contributed by atoms with Crippen molar-refractivity contribution in [1.82, 2.24) is 0 Å². The van der Waals surface area contributed by atoms with E-state index in [1.807, 2.05) is 0 Å². The Hall–Kier alpha value is 2.18. The molecule has 0 aliphatic carbocycles. The zero-order valence-electron chi connectivity index (χ0n) is 10.3. The van der Waals surface area contributed by atoms with Gasteiger partial charge in [-0.05, 0) is 24.1 Å². The molecule has 0 atom stereocenters. The van der Waals surface area contributed by atoms with Crippen LogP contribution in [0.2, 0.25) is 0 Å². The summed E-state index contributed by atoms with van der Waals surface area (Å²) in [5.41, 5.74) is 0.982. The summed E-state index contributed by atoms with van der Waals surface area (Å²) in [7, 11) is -1.46. The number of benzene rings is 1. The zero-order chi connectivity index (χ0) is 11.3. The second kappa shape index (κ2) is 12.0. The summed E-state index contributed by atoms with van der Waals surface area (Å²) in [5, 5.41) is 0. The van der Waals surface area contributed by atoms with Crippen LogP contribution < -0.4 is 122 Å². The third-order valence-corrected chi connectivity index (χ3v) is 2.13. The fourth-order valence-corrected chi connectivity index (χ4v) is 1.47. The van der Waals surface area contributed by atoms with Crippen LogP contribution in [0, 0.1) is 0 Å². The van der Waals surface area contributed by atoms with Crippen molar-refractivity contribution in [3.63, 3.8) is 0 Å². The second-order valence-corrected chi connectivity index (χ2v) is 3.42. The van der Waals surface area contributed by atoms with Gasteiger partial charge in [0, 0.05) is 0 Å². The maximum absolute atomic E-state index is 10.4. The number of allylic oxidation sites excluding steroid dienone is 1. The Kier molecular flexibility index (Phi) is 15.1. The number of methoxy groups -OCH3 is 1. The molecule has 0 saturated heterocycles. The summed E-state index contributed by atoms with van der Waals surface area (Å²) in [6.45, 7) is 3.61. The van der Waals surface area contributed by atoms with E-state index in [0.717, 1.165) is 5.56 Å². The molecule has 0 bridgehead atoms. The van der Waals surface area contributed by atoms with Crippen molar-refractivity contribution in [3.8, 4) is 11.5 Å². The summed E-state index contributed by atoms with van der Waals surface area (Å²) in [6, 6.07) is 5.04. The molecule has 0 N–H and O–H groups in total. The van der Waals surface area contributed by atoms with Crippen molar-refractivity contribution >= 4 is 8.60 Å². The Balaban J connectivity index is 0. The number of rotatable bonds is 5. The van der Waals surface area contributed by atoms with Crippen LogP contribution in [0.15, 0.2) is 30.9 Å².